The Balaban J connectivity index is 1.68. The van der Waals surface area contributed by atoms with Gasteiger partial charge in [-0.1, -0.05) is 40.9 Å². The zero-order valence-electron chi connectivity index (χ0n) is 24.7. The van der Waals surface area contributed by atoms with Crippen LogP contribution in [0.4, 0.5) is 5.69 Å². The van der Waals surface area contributed by atoms with Crippen LogP contribution in [0.2, 0.25) is 0 Å². The van der Waals surface area contributed by atoms with Gasteiger partial charge in [0.15, 0.2) is 0 Å². The van der Waals surface area contributed by atoms with Gasteiger partial charge in [-0.3, -0.25) is 13.9 Å². The summed E-state index contributed by atoms with van der Waals surface area (Å²) in [7, 11) is -4.15. The summed E-state index contributed by atoms with van der Waals surface area (Å²) >= 11 is 4.95. The number of nitrogens with zero attached hydrogens (tertiary/aromatic N) is 2. The normalized spacial score (nSPS) is 14.2. The van der Waals surface area contributed by atoms with Crippen molar-refractivity contribution in [3.05, 3.63) is 82.8 Å². The van der Waals surface area contributed by atoms with E-state index >= 15 is 0 Å². The molecule has 4 rings (SSSR count). The fraction of sp³-hybridized carbons (Fsp3) is 0.375. The second-order valence-electron chi connectivity index (χ2n) is 10.4. The Morgan fingerprint density at radius 1 is 1.00 bits per heavy atom. The van der Waals surface area contributed by atoms with E-state index in [0.717, 1.165) is 44.9 Å². The molecule has 2 amide bonds. The van der Waals surface area contributed by atoms with E-state index in [1.807, 2.05) is 37.4 Å². The van der Waals surface area contributed by atoms with Gasteiger partial charge in [0.2, 0.25) is 11.8 Å². The minimum Gasteiger partial charge on any atom is -0.494 e. The van der Waals surface area contributed by atoms with Crippen LogP contribution in [0, 0.1) is 0 Å². The molecule has 1 fully saturated rings. The predicted molar refractivity (Wildman–Crippen MR) is 175 cm³/mol. The van der Waals surface area contributed by atoms with Crippen LogP contribution in [0.15, 0.2) is 87.1 Å². The van der Waals surface area contributed by atoms with Crippen molar-refractivity contribution >= 4 is 55.2 Å². The van der Waals surface area contributed by atoms with Gasteiger partial charge in [-0.15, -0.1) is 11.8 Å². The SMILES string of the molecule is CCOc1ccc(N(CC(=O)N(Cc2ccc(Br)cc2)[C@H](C)C(=O)NC2CCCC2)S(=O)(=O)c2ccc(SC)cc2)cc1. The number of benzene rings is 3. The highest BCUT2D eigenvalue weighted by Gasteiger charge is 2.33. The topological polar surface area (TPSA) is 96.0 Å². The summed E-state index contributed by atoms with van der Waals surface area (Å²) in [4.78, 5) is 29.9. The summed E-state index contributed by atoms with van der Waals surface area (Å²) in [5.74, 6) is -0.149. The number of carbonyl (C=O) groups excluding carboxylic acids is 2. The first-order chi connectivity index (χ1) is 20.6. The molecule has 0 unspecified atom stereocenters. The van der Waals surface area contributed by atoms with Crippen molar-refractivity contribution in [1.82, 2.24) is 10.2 Å². The standard InChI is InChI=1S/C32H38BrN3O5S2/c1-4-41-28-15-13-27(14-16-28)36(43(39,40)30-19-17-29(42-3)18-20-30)22-31(37)35(21-24-9-11-25(33)12-10-24)23(2)32(38)34-26-7-5-6-8-26/h9-20,23,26H,4-8,21-22H2,1-3H3,(H,34,38)/t23-/m1/s1. The Morgan fingerprint density at radius 2 is 1.63 bits per heavy atom. The molecule has 3 aromatic rings. The molecule has 0 saturated heterocycles. The van der Waals surface area contributed by atoms with Gasteiger partial charge in [0, 0.05) is 22.0 Å². The van der Waals surface area contributed by atoms with Crippen molar-refractivity contribution < 1.29 is 22.7 Å². The third kappa shape index (κ3) is 8.55. The number of halogens is 1. The molecular formula is C32H38BrN3O5S2. The monoisotopic (exact) mass is 687 g/mol. The fourth-order valence-electron chi connectivity index (χ4n) is 5.04. The maximum absolute atomic E-state index is 14.1. The van der Waals surface area contributed by atoms with Crippen LogP contribution in [-0.2, 0) is 26.2 Å². The Hall–Kier alpha value is -3.02. The maximum Gasteiger partial charge on any atom is 0.264 e. The van der Waals surface area contributed by atoms with Crippen LogP contribution >= 0.6 is 27.7 Å². The molecule has 0 heterocycles. The number of hydrogen-bond acceptors (Lipinski definition) is 6. The quantitative estimate of drug-likeness (QED) is 0.214. The van der Waals surface area contributed by atoms with Gasteiger partial charge < -0.3 is 15.0 Å². The molecular weight excluding hydrogens is 650 g/mol. The highest BCUT2D eigenvalue weighted by atomic mass is 79.9. The zero-order chi connectivity index (χ0) is 31.0. The van der Waals surface area contributed by atoms with Crippen LogP contribution in [0.3, 0.4) is 0 Å². The lowest BCUT2D eigenvalue weighted by molar-refractivity contribution is -0.139. The van der Waals surface area contributed by atoms with E-state index < -0.39 is 28.5 Å². The van der Waals surface area contributed by atoms with Gasteiger partial charge in [0.25, 0.3) is 10.0 Å². The van der Waals surface area contributed by atoms with Crippen LogP contribution in [0.25, 0.3) is 0 Å². The van der Waals surface area contributed by atoms with E-state index in [4.69, 9.17) is 4.74 Å². The highest BCUT2D eigenvalue weighted by Crippen LogP contribution is 2.28. The first-order valence-electron chi connectivity index (χ1n) is 14.4. The molecule has 1 aliphatic carbocycles. The molecule has 1 atom stereocenters. The molecule has 0 spiro atoms. The largest absolute Gasteiger partial charge is 0.494 e. The second kappa shape index (κ2) is 15.1. The highest BCUT2D eigenvalue weighted by molar-refractivity contribution is 9.10. The molecule has 1 N–H and O–H groups in total. The summed E-state index contributed by atoms with van der Waals surface area (Å²) in [6.45, 7) is 3.68. The predicted octanol–water partition coefficient (Wildman–Crippen LogP) is 6.24. The third-order valence-electron chi connectivity index (χ3n) is 7.50. The number of nitrogens with one attached hydrogen (secondary N) is 1. The van der Waals surface area contributed by atoms with Crippen molar-refractivity contribution in [2.45, 2.75) is 68.0 Å². The van der Waals surface area contributed by atoms with Gasteiger partial charge in [-0.25, -0.2) is 8.42 Å². The van der Waals surface area contributed by atoms with Gasteiger partial charge in [0.05, 0.1) is 17.2 Å². The fourth-order valence-corrected chi connectivity index (χ4v) is 7.13. The Morgan fingerprint density at radius 3 is 2.21 bits per heavy atom. The molecule has 1 saturated carbocycles. The van der Waals surface area contributed by atoms with Crippen LogP contribution in [0.5, 0.6) is 5.75 Å². The van der Waals surface area contributed by atoms with Crippen molar-refractivity contribution in [2.75, 3.05) is 23.7 Å². The number of carbonyl (C=O) groups is 2. The number of hydrogen-bond donors (Lipinski definition) is 1. The number of amides is 2. The second-order valence-corrected chi connectivity index (χ2v) is 14.1. The summed E-state index contributed by atoms with van der Waals surface area (Å²) in [5, 5.41) is 3.09. The average Bonchev–Trinajstić information content (AvgIpc) is 3.53. The first kappa shape index (κ1) is 32.9. The van der Waals surface area contributed by atoms with E-state index in [1.165, 1.54) is 16.7 Å². The van der Waals surface area contributed by atoms with Gasteiger partial charge in [-0.2, -0.15) is 0 Å². The molecule has 0 aromatic heterocycles. The zero-order valence-corrected chi connectivity index (χ0v) is 27.9. The van der Waals surface area contributed by atoms with Gasteiger partial charge >= 0.3 is 0 Å². The van der Waals surface area contributed by atoms with E-state index in [-0.39, 0.29) is 23.4 Å². The van der Waals surface area contributed by atoms with Crippen LogP contribution in [-0.4, -0.2) is 56.6 Å². The van der Waals surface area contributed by atoms with Crippen molar-refractivity contribution in [2.24, 2.45) is 0 Å². The number of sulfonamides is 1. The Bertz CT molecular complexity index is 1480. The molecule has 0 aliphatic heterocycles. The first-order valence-corrected chi connectivity index (χ1v) is 17.8. The molecule has 0 radical (unpaired) electrons. The van der Waals surface area contributed by atoms with E-state index in [0.29, 0.717) is 18.0 Å². The maximum atomic E-state index is 14.1. The van der Waals surface area contributed by atoms with E-state index in [1.54, 1.807) is 55.5 Å². The summed E-state index contributed by atoms with van der Waals surface area (Å²) in [6, 6.07) is 20.0. The molecule has 11 heteroatoms. The number of ether oxygens (including phenoxy) is 1. The molecule has 43 heavy (non-hydrogen) atoms. The Labute approximate surface area is 267 Å². The van der Waals surface area contributed by atoms with Gasteiger partial charge in [0.1, 0.15) is 18.3 Å². The van der Waals surface area contributed by atoms with E-state index in [9.17, 15) is 18.0 Å². The molecule has 0 bridgehead atoms. The summed E-state index contributed by atoms with van der Waals surface area (Å²) in [5.41, 5.74) is 1.14. The van der Waals surface area contributed by atoms with E-state index in [2.05, 4.69) is 21.2 Å². The van der Waals surface area contributed by atoms with Crippen molar-refractivity contribution in [1.29, 1.82) is 0 Å². The van der Waals surface area contributed by atoms with Crippen molar-refractivity contribution in [3.63, 3.8) is 0 Å². The lowest BCUT2D eigenvalue weighted by Gasteiger charge is -2.32. The van der Waals surface area contributed by atoms with Gasteiger partial charge in [-0.05, 0) is 99.2 Å². The Kier molecular flexibility index (Phi) is 11.6. The number of rotatable bonds is 13. The summed E-state index contributed by atoms with van der Waals surface area (Å²) < 4.78 is 35.7. The number of thioether (sulfide) groups is 1. The minimum absolute atomic E-state index is 0.0680. The molecule has 230 valence electrons. The molecule has 3 aromatic carbocycles. The van der Waals surface area contributed by atoms with Crippen LogP contribution in [0.1, 0.15) is 45.1 Å². The minimum atomic E-state index is -4.15. The lowest BCUT2D eigenvalue weighted by atomic mass is 10.1. The van der Waals surface area contributed by atoms with Crippen molar-refractivity contribution in [3.8, 4) is 5.75 Å². The molecule has 1 aliphatic rings. The summed E-state index contributed by atoms with van der Waals surface area (Å²) in [6.07, 6.45) is 5.87. The lowest BCUT2D eigenvalue weighted by Crippen LogP contribution is -2.52. The smallest absolute Gasteiger partial charge is 0.264 e. The number of anilines is 1. The average molecular weight is 689 g/mol. The molecule has 8 nitrogen and oxygen atoms in total. The third-order valence-corrected chi connectivity index (χ3v) is 10.6. The van der Waals surface area contributed by atoms with Crippen LogP contribution < -0.4 is 14.4 Å².